The fraction of sp³-hybridized carbons (Fsp3) is 0.526. The van der Waals surface area contributed by atoms with Crippen LogP contribution < -0.4 is 10.2 Å². The first-order valence-corrected chi connectivity index (χ1v) is 8.75. The second-order valence-electron chi connectivity index (χ2n) is 6.52. The Morgan fingerprint density at radius 2 is 1.91 bits per heavy atom. The number of hydrogen-bond acceptors (Lipinski definition) is 4. The third-order valence-corrected chi connectivity index (χ3v) is 4.82. The molecule has 1 aromatic carbocycles. The minimum atomic E-state index is 1.05. The molecule has 2 heterocycles. The van der Waals surface area contributed by atoms with Gasteiger partial charge in [0.25, 0.3) is 0 Å². The first kappa shape index (κ1) is 16.1. The highest BCUT2D eigenvalue weighted by molar-refractivity contribution is 6.00. The molecule has 4 nitrogen and oxygen atoms in total. The Bertz CT molecular complexity index is 660. The Morgan fingerprint density at radius 3 is 2.61 bits per heavy atom. The number of unbranched alkanes of at least 4 members (excludes halogenated alkanes) is 1. The number of likely N-dealkylation sites (N-methyl/N-ethyl adjacent to an activating group) is 1. The van der Waals surface area contributed by atoms with Gasteiger partial charge in [-0.25, -0.2) is 4.98 Å². The van der Waals surface area contributed by atoms with Gasteiger partial charge >= 0.3 is 0 Å². The topological polar surface area (TPSA) is 31.4 Å². The largest absolute Gasteiger partial charge is 0.386 e. The molecular formula is C19H28N4. The summed E-state index contributed by atoms with van der Waals surface area (Å²) >= 11 is 0. The maximum Gasteiger partial charge on any atom is 0.136 e. The van der Waals surface area contributed by atoms with Gasteiger partial charge < -0.3 is 15.1 Å². The molecule has 0 aliphatic carbocycles. The predicted molar refractivity (Wildman–Crippen MR) is 99.6 cm³/mol. The van der Waals surface area contributed by atoms with Crippen LogP contribution in [-0.2, 0) is 6.42 Å². The maximum atomic E-state index is 4.79. The van der Waals surface area contributed by atoms with E-state index in [2.05, 4.69) is 47.3 Å². The van der Waals surface area contributed by atoms with Crippen molar-refractivity contribution >= 4 is 22.3 Å². The predicted octanol–water partition coefficient (Wildman–Crippen LogP) is 3.37. The van der Waals surface area contributed by atoms with Crippen molar-refractivity contribution in [2.75, 3.05) is 50.5 Å². The number of nitrogens with one attached hydrogen (secondary N) is 1. The molecule has 0 unspecified atom stereocenters. The number of nitrogens with zero attached hydrogens (tertiary/aromatic N) is 3. The van der Waals surface area contributed by atoms with Gasteiger partial charge in [-0.3, -0.25) is 0 Å². The minimum Gasteiger partial charge on any atom is -0.386 e. The molecule has 0 spiro atoms. The van der Waals surface area contributed by atoms with Gasteiger partial charge in [-0.2, -0.15) is 0 Å². The van der Waals surface area contributed by atoms with Crippen molar-refractivity contribution in [2.45, 2.75) is 26.2 Å². The van der Waals surface area contributed by atoms with Crippen LogP contribution >= 0.6 is 0 Å². The summed E-state index contributed by atoms with van der Waals surface area (Å²) in [5.74, 6) is 1.14. The van der Waals surface area contributed by atoms with Crippen LogP contribution in [0.1, 0.15) is 25.3 Å². The van der Waals surface area contributed by atoms with Crippen LogP contribution in [0, 0.1) is 0 Å². The van der Waals surface area contributed by atoms with Crippen LogP contribution in [0.15, 0.2) is 24.4 Å². The molecule has 1 aromatic heterocycles. The smallest absolute Gasteiger partial charge is 0.136 e. The fourth-order valence-electron chi connectivity index (χ4n) is 3.28. The fourth-order valence-corrected chi connectivity index (χ4v) is 3.28. The highest BCUT2D eigenvalue weighted by Gasteiger charge is 2.18. The summed E-state index contributed by atoms with van der Waals surface area (Å²) in [7, 11) is 4.16. The zero-order valence-corrected chi connectivity index (χ0v) is 14.6. The molecule has 0 bridgehead atoms. The summed E-state index contributed by atoms with van der Waals surface area (Å²) in [4.78, 5) is 9.61. The van der Waals surface area contributed by atoms with Crippen LogP contribution in [0.5, 0.6) is 0 Å². The van der Waals surface area contributed by atoms with Gasteiger partial charge in [0.2, 0.25) is 0 Å². The van der Waals surface area contributed by atoms with E-state index in [9.17, 15) is 0 Å². The number of benzene rings is 1. The minimum absolute atomic E-state index is 1.05. The number of hydrogen-bond donors (Lipinski definition) is 1. The molecule has 1 aliphatic heterocycles. The van der Waals surface area contributed by atoms with Crippen molar-refractivity contribution in [1.29, 1.82) is 0 Å². The van der Waals surface area contributed by atoms with Gasteiger partial charge in [0.05, 0.1) is 11.9 Å². The quantitative estimate of drug-likeness (QED) is 0.917. The summed E-state index contributed by atoms with van der Waals surface area (Å²) < 4.78 is 0. The number of pyridine rings is 1. The molecule has 1 aliphatic rings. The van der Waals surface area contributed by atoms with Gasteiger partial charge in [0.15, 0.2) is 0 Å². The Balaban J connectivity index is 2.01. The van der Waals surface area contributed by atoms with Gasteiger partial charge in [-0.15, -0.1) is 0 Å². The number of aryl methyl sites for hydroxylation is 1. The zero-order chi connectivity index (χ0) is 16.2. The van der Waals surface area contributed by atoms with Crippen molar-refractivity contribution in [3.05, 3.63) is 30.0 Å². The lowest BCUT2D eigenvalue weighted by Crippen LogP contribution is -2.44. The summed E-state index contributed by atoms with van der Waals surface area (Å²) in [5.41, 5.74) is 2.53. The van der Waals surface area contributed by atoms with Crippen molar-refractivity contribution in [3.63, 3.8) is 0 Å². The Hall–Kier alpha value is -1.81. The number of fused-ring (bicyclic) bond motifs is 1. The van der Waals surface area contributed by atoms with Crippen LogP contribution in [0.25, 0.3) is 10.8 Å². The van der Waals surface area contributed by atoms with Crippen LogP contribution in [-0.4, -0.2) is 50.2 Å². The maximum absolute atomic E-state index is 4.79. The summed E-state index contributed by atoms with van der Waals surface area (Å²) in [6.07, 6.45) is 5.60. The third kappa shape index (κ3) is 3.42. The normalized spacial score (nSPS) is 16.0. The van der Waals surface area contributed by atoms with Crippen molar-refractivity contribution in [3.8, 4) is 0 Å². The van der Waals surface area contributed by atoms with Gasteiger partial charge in [-0.1, -0.05) is 25.5 Å². The summed E-state index contributed by atoms with van der Waals surface area (Å²) in [6, 6.07) is 6.88. The van der Waals surface area contributed by atoms with E-state index in [1.165, 1.54) is 29.2 Å². The SMILES string of the molecule is CCCCc1ccc2c(NC)cnc(N3CCN(C)CC3)c2c1. The lowest BCUT2D eigenvalue weighted by molar-refractivity contribution is 0.312. The number of rotatable bonds is 5. The number of aromatic nitrogens is 1. The standard InChI is InChI=1S/C19H28N4/c1-4-5-6-15-7-8-16-17(13-15)19(21-14-18(16)20-2)23-11-9-22(3)10-12-23/h7-8,13-14,20H,4-6,9-12H2,1-3H3. The van der Waals surface area contributed by atoms with E-state index < -0.39 is 0 Å². The highest BCUT2D eigenvalue weighted by Crippen LogP contribution is 2.31. The molecule has 0 saturated carbocycles. The Morgan fingerprint density at radius 1 is 1.13 bits per heavy atom. The Kier molecular flexibility index (Phi) is 5.01. The second kappa shape index (κ2) is 7.18. The summed E-state index contributed by atoms with van der Waals surface area (Å²) in [5, 5.41) is 5.84. The van der Waals surface area contributed by atoms with E-state index in [0.717, 1.165) is 44.1 Å². The van der Waals surface area contributed by atoms with E-state index in [4.69, 9.17) is 4.98 Å². The highest BCUT2D eigenvalue weighted by atomic mass is 15.3. The Labute approximate surface area is 139 Å². The van der Waals surface area contributed by atoms with Gasteiger partial charge in [0.1, 0.15) is 5.82 Å². The molecule has 0 radical (unpaired) electrons. The number of piperazine rings is 1. The zero-order valence-electron chi connectivity index (χ0n) is 14.6. The van der Waals surface area contributed by atoms with Gasteiger partial charge in [-0.05, 0) is 31.5 Å². The number of anilines is 2. The lowest BCUT2D eigenvalue weighted by atomic mass is 10.0. The molecule has 3 rings (SSSR count). The first-order valence-electron chi connectivity index (χ1n) is 8.75. The molecular weight excluding hydrogens is 284 g/mol. The van der Waals surface area contributed by atoms with Gasteiger partial charge in [0, 0.05) is 44.0 Å². The van der Waals surface area contributed by atoms with Crippen molar-refractivity contribution in [2.24, 2.45) is 0 Å². The average molecular weight is 312 g/mol. The molecule has 2 aromatic rings. The second-order valence-corrected chi connectivity index (χ2v) is 6.52. The molecule has 23 heavy (non-hydrogen) atoms. The van der Waals surface area contributed by atoms with E-state index >= 15 is 0 Å². The van der Waals surface area contributed by atoms with Crippen molar-refractivity contribution in [1.82, 2.24) is 9.88 Å². The first-order chi connectivity index (χ1) is 11.2. The van der Waals surface area contributed by atoms with Crippen molar-refractivity contribution < 1.29 is 0 Å². The van der Waals surface area contributed by atoms with E-state index in [1.54, 1.807) is 0 Å². The molecule has 0 atom stereocenters. The third-order valence-electron chi connectivity index (χ3n) is 4.82. The molecule has 1 fully saturated rings. The van der Waals surface area contributed by atoms with Crippen LogP contribution in [0.2, 0.25) is 0 Å². The average Bonchev–Trinajstić information content (AvgIpc) is 2.59. The molecule has 1 N–H and O–H groups in total. The molecule has 0 amide bonds. The molecule has 124 valence electrons. The lowest BCUT2D eigenvalue weighted by Gasteiger charge is -2.34. The molecule has 1 saturated heterocycles. The summed E-state index contributed by atoms with van der Waals surface area (Å²) in [6.45, 7) is 6.56. The molecule has 4 heteroatoms. The van der Waals surface area contributed by atoms with Crippen LogP contribution in [0.3, 0.4) is 0 Å². The van der Waals surface area contributed by atoms with Crippen LogP contribution in [0.4, 0.5) is 11.5 Å². The van der Waals surface area contributed by atoms with E-state index in [0.29, 0.717) is 0 Å². The van der Waals surface area contributed by atoms with E-state index in [1.807, 2.05) is 13.2 Å². The monoisotopic (exact) mass is 312 g/mol. The van der Waals surface area contributed by atoms with E-state index in [-0.39, 0.29) is 0 Å².